The molecule has 6 heteroatoms. The lowest BCUT2D eigenvalue weighted by atomic mass is 9.84. The van der Waals surface area contributed by atoms with Gasteiger partial charge in [-0.3, -0.25) is 9.69 Å². The number of amides is 1. The Bertz CT molecular complexity index is 767. The van der Waals surface area contributed by atoms with Crippen molar-refractivity contribution in [3.63, 3.8) is 0 Å². The molecule has 22 heavy (non-hydrogen) atoms. The van der Waals surface area contributed by atoms with Crippen LogP contribution in [0.3, 0.4) is 0 Å². The van der Waals surface area contributed by atoms with E-state index in [1.54, 1.807) is 7.05 Å². The monoisotopic (exact) mass is 360 g/mol. The van der Waals surface area contributed by atoms with Gasteiger partial charge in [0.15, 0.2) is 11.5 Å². The summed E-state index contributed by atoms with van der Waals surface area (Å²) in [6.45, 7) is 2.88. The summed E-state index contributed by atoms with van der Waals surface area (Å²) < 4.78 is 2.92. The molecule has 2 N–H and O–H groups in total. The third kappa shape index (κ3) is 2.06. The van der Waals surface area contributed by atoms with Crippen LogP contribution in [-0.4, -0.2) is 28.4 Å². The summed E-state index contributed by atoms with van der Waals surface area (Å²) in [5.41, 5.74) is 6.45. The normalized spacial score (nSPS) is 21.3. The predicted octanol–water partition coefficient (Wildman–Crippen LogP) is 2.30. The van der Waals surface area contributed by atoms with E-state index in [1.165, 1.54) is 4.90 Å². The number of halogens is 1. The highest BCUT2D eigenvalue weighted by Crippen LogP contribution is 2.40. The van der Waals surface area contributed by atoms with Crippen molar-refractivity contribution in [1.29, 1.82) is 0 Å². The second kappa shape index (κ2) is 5.28. The van der Waals surface area contributed by atoms with Crippen molar-refractivity contribution < 1.29 is 4.79 Å². The number of carbonyl (C=O) groups is 1. The van der Waals surface area contributed by atoms with Crippen LogP contribution in [0, 0.1) is 0 Å². The fourth-order valence-electron chi connectivity index (χ4n) is 2.75. The zero-order valence-corrected chi connectivity index (χ0v) is 14.0. The quantitative estimate of drug-likeness (QED) is 0.912. The topological polar surface area (TPSA) is 63.6 Å². The first-order valence-electron chi connectivity index (χ1n) is 7.05. The van der Waals surface area contributed by atoms with E-state index in [0.29, 0.717) is 0 Å². The zero-order chi connectivity index (χ0) is 15.9. The molecule has 2 heterocycles. The highest BCUT2D eigenvalue weighted by atomic mass is 79.9. The van der Waals surface area contributed by atoms with Gasteiger partial charge in [0.25, 0.3) is 5.91 Å². The summed E-state index contributed by atoms with van der Waals surface area (Å²) >= 11 is 3.47. The third-order valence-corrected chi connectivity index (χ3v) is 4.51. The van der Waals surface area contributed by atoms with Gasteiger partial charge in [-0.15, -0.1) is 0 Å². The summed E-state index contributed by atoms with van der Waals surface area (Å²) in [6.07, 6.45) is 3.90. The number of nitrogens with two attached hydrogens (primary N) is 1. The number of benzene rings is 1. The molecular weight excluding hydrogens is 344 g/mol. The maximum atomic E-state index is 13.0. The number of hydrogen-bond acceptors (Lipinski definition) is 3. The van der Waals surface area contributed by atoms with Crippen LogP contribution in [0.2, 0.25) is 0 Å². The number of carbonyl (C=O) groups excluding carboxylic acids is 1. The van der Waals surface area contributed by atoms with Gasteiger partial charge in [0.2, 0.25) is 0 Å². The Hall–Kier alpha value is -2.08. The van der Waals surface area contributed by atoms with Gasteiger partial charge < -0.3 is 10.3 Å². The molecule has 0 aliphatic carbocycles. The molecule has 1 unspecified atom stereocenters. The second-order valence-corrected chi connectivity index (χ2v) is 6.20. The third-order valence-electron chi connectivity index (χ3n) is 4.02. The molecule has 1 aromatic heterocycles. The molecule has 0 spiro atoms. The number of aromatic nitrogens is 1. The smallest absolute Gasteiger partial charge is 0.266 e. The van der Waals surface area contributed by atoms with E-state index in [9.17, 15) is 4.79 Å². The number of hydrogen-bond donors (Lipinski definition) is 1. The average molecular weight is 361 g/mol. The summed E-state index contributed by atoms with van der Waals surface area (Å²) in [6, 6.07) is 9.57. The molecule has 0 saturated heterocycles. The number of nitrogens with zero attached hydrogens (tertiary/aromatic N) is 3. The fraction of sp³-hybridized carbons (Fsp3) is 0.250. The SMILES string of the molecule is CCn1ccc(C2(c3cccc(Br)c3)N=C(N)N(C)C2=O)c1. The number of likely N-dealkylation sites (N-methyl/N-ethyl adjacent to an activating group) is 1. The minimum atomic E-state index is -1.11. The molecule has 1 aromatic carbocycles. The molecular formula is C16H17BrN4O. The lowest BCUT2D eigenvalue weighted by molar-refractivity contribution is -0.129. The van der Waals surface area contributed by atoms with Gasteiger partial charge in [0, 0.05) is 36.0 Å². The number of rotatable bonds is 3. The predicted molar refractivity (Wildman–Crippen MR) is 89.4 cm³/mol. The van der Waals surface area contributed by atoms with Crippen LogP contribution in [-0.2, 0) is 16.9 Å². The van der Waals surface area contributed by atoms with Crippen molar-refractivity contribution in [2.45, 2.75) is 19.0 Å². The lowest BCUT2D eigenvalue weighted by Gasteiger charge is -2.25. The minimum Gasteiger partial charge on any atom is -0.369 e. The van der Waals surface area contributed by atoms with Crippen molar-refractivity contribution in [2.24, 2.45) is 10.7 Å². The van der Waals surface area contributed by atoms with E-state index in [0.717, 1.165) is 22.1 Å². The molecule has 0 bridgehead atoms. The zero-order valence-electron chi connectivity index (χ0n) is 12.5. The highest BCUT2D eigenvalue weighted by Gasteiger charge is 2.49. The molecule has 2 aromatic rings. The maximum absolute atomic E-state index is 13.0. The van der Waals surface area contributed by atoms with Crippen molar-refractivity contribution >= 4 is 27.8 Å². The summed E-state index contributed by atoms with van der Waals surface area (Å²) in [4.78, 5) is 18.9. The molecule has 1 aliphatic heterocycles. The van der Waals surface area contributed by atoms with Gasteiger partial charge in [-0.1, -0.05) is 28.1 Å². The molecule has 5 nitrogen and oxygen atoms in total. The number of aliphatic imine (C=N–C) groups is 1. The van der Waals surface area contributed by atoms with Gasteiger partial charge in [-0.05, 0) is 30.7 Å². The molecule has 114 valence electrons. The molecule has 1 amide bonds. The Balaban J connectivity index is 2.26. The summed E-state index contributed by atoms with van der Waals surface area (Å²) in [5, 5.41) is 0. The van der Waals surface area contributed by atoms with Gasteiger partial charge in [-0.2, -0.15) is 0 Å². The number of aryl methyl sites for hydroxylation is 1. The van der Waals surface area contributed by atoms with Crippen LogP contribution in [0.4, 0.5) is 0 Å². The average Bonchev–Trinajstić information content (AvgIpc) is 3.07. The Kier molecular flexibility index (Phi) is 3.56. The second-order valence-electron chi connectivity index (χ2n) is 5.29. The molecule has 0 radical (unpaired) electrons. The van der Waals surface area contributed by atoms with Gasteiger partial charge in [0.05, 0.1) is 0 Å². The van der Waals surface area contributed by atoms with Gasteiger partial charge in [-0.25, -0.2) is 4.99 Å². The number of guanidine groups is 1. The molecule has 1 aliphatic rings. The summed E-state index contributed by atoms with van der Waals surface area (Å²) in [7, 11) is 1.65. The molecule has 1 atom stereocenters. The Morgan fingerprint density at radius 1 is 1.32 bits per heavy atom. The Labute approximate surface area is 137 Å². The van der Waals surface area contributed by atoms with E-state index >= 15 is 0 Å². The van der Waals surface area contributed by atoms with Gasteiger partial charge in [0.1, 0.15) is 0 Å². The van der Waals surface area contributed by atoms with Crippen LogP contribution in [0.1, 0.15) is 18.1 Å². The van der Waals surface area contributed by atoms with Crippen LogP contribution in [0.25, 0.3) is 0 Å². The van der Waals surface area contributed by atoms with Crippen molar-refractivity contribution in [3.8, 4) is 0 Å². The van der Waals surface area contributed by atoms with Crippen molar-refractivity contribution in [1.82, 2.24) is 9.47 Å². The standard InChI is InChI=1S/C16H17BrN4O/c1-3-21-8-7-12(10-21)16(11-5-4-6-13(17)9-11)14(22)20(2)15(18)19-16/h4-10H,3H2,1-2H3,(H2,18,19). The Morgan fingerprint density at radius 2 is 2.09 bits per heavy atom. The lowest BCUT2D eigenvalue weighted by Crippen LogP contribution is -2.41. The first kappa shape index (κ1) is 14.8. The first-order chi connectivity index (χ1) is 10.5. The fourth-order valence-corrected chi connectivity index (χ4v) is 3.15. The highest BCUT2D eigenvalue weighted by molar-refractivity contribution is 9.10. The van der Waals surface area contributed by atoms with Crippen molar-refractivity contribution in [2.75, 3.05) is 7.05 Å². The van der Waals surface area contributed by atoms with Crippen LogP contribution < -0.4 is 5.73 Å². The summed E-state index contributed by atoms with van der Waals surface area (Å²) in [5.74, 6) is 0.0891. The molecule has 0 saturated carbocycles. The van der Waals surface area contributed by atoms with E-state index in [2.05, 4.69) is 27.8 Å². The van der Waals surface area contributed by atoms with Crippen LogP contribution >= 0.6 is 15.9 Å². The molecule has 0 fully saturated rings. The Morgan fingerprint density at radius 3 is 2.64 bits per heavy atom. The van der Waals surface area contributed by atoms with Crippen LogP contribution in [0.5, 0.6) is 0 Å². The largest absolute Gasteiger partial charge is 0.369 e. The minimum absolute atomic E-state index is 0.142. The van der Waals surface area contributed by atoms with E-state index in [1.807, 2.05) is 47.3 Å². The van der Waals surface area contributed by atoms with Gasteiger partial charge >= 0.3 is 0 Å². The van der Waals surface area contributed by atoms with Crippen molar-refractivity contribution in [3.05, 3.63) is 58.3 Å². The van der Waals surface area contributed by atoms with E-state index in [4.69, 9.17) is 5.73 Å². The first-order valence-corrected chi connectivity index (χ1v) is 7.84. The maximum Gasteiger partial charge on any atom is 0.266 e. The van der Waals surface area contributed by atoms with Crippen LogP contribution in [0.15, 0.2) is 52.2 Å². The van der Waals surface area contributed by atoms with E-state index < -0.39 is 5.54 Å². The van der Waals surface area contributed by atoms with E-state index in [-0.39, 0.29) is 11.9 Å². The molecule has 3 rings (SSSR count).